The standard InChI is InChI=1S/C12H21N5O2/c1-8-5-17(6-9(2)19-8)12-4-10(16-13)14-11(15-12)7-18-3/h4,8-9H,5-7,13H2,1-3H3,(H,14,15,16)/t8-,9+. The highest BCUT2D eigenvalue weighted by Crippen LogP contribution is 2.20. The Morgan fingerprint density at radius 2 is 2.11 bits per heavy atom. The quantitative estimate of drug-likeness (QED) is 0.607. The molecule has 0 unspecified atom stereocenters. The molecule has 1 aliphatic rings. The van der Waals surface area contributed by atoms with E-state index in [0.717, 1.165) is 18.9 Å². The van der Waals surface area contributed by atoms with E-state index < -0.39 is 0 Å². The Balaban J connectivity index is 2.24. The van der Waals surface area contributed by atoms with E-state index in [1.54, 1.807) is 7.11 Å². The lowest BCUT2D eigenvalue weighted by atomic mass is 10.2. The SMILES string of the molecule is COCc1nc(NN)cc(N2C[C@@H](C)O[C@@H](C)C2)n1. The molecule has 0 bridgehead atoms. The molecule has 0 spiro atoms. The van der Waals surface area contributed by atoms with Gasteiger partial charge in [-0.1, -0.05) is 0 Å². The summed E-state index contributed by atoms with van der Waals surface area (Å²) in [7, 11) is 1.62. The van der Waals surface area contributed by atoms with Crippen LogP contribution in [-0.2, 0) is 16.1 Å². The third kappa shape index (κ3) is 3.52. The Labute approximate surface area is 113 Å². The van der Waals surface area contributed by atoms with Crippen molar-refractivity contribution in [2.24, 2.45) is 5.84 Å². The van der Waals surface area contributed by atoms with Gasteiger partial charge < -0.3 is 19.8 Å². The Morgan fingerprint density at radius 1 is 1.42 bits per heavy atom. The minimum absolute atomic E-state index is 0.180. The molecular formula is C12H21N5O2. The van der Waals surface area contributed by atoms with Gasteiger partial charge in [-0.3, -0.25) is 0 Å². The summed E-state index contributed by atoms with van der Waals surface area (Å²) < 4.78 is 10.8. The maximum atomic E-state index is 5.72. The van der Waals surface area contributed by atoms with Gasteiger partial charge in [0.25, 0.3) is 0 Å². The van der Waals surface area contributed by atoms with Gasteiger partial charge in [-0.25, -0.2) is 15.8 Å². The van der Waals surface area contributed by atoms with Gasteiger partial charge in [0.2, 0.25) is 0 Å². The fourth-order valence-corrected chi connectivity index (χ4v) is 2.28. The van der Waals surface area contributed by atoms with Gasteiger partial charge in [-0.05, 0) is 13.8 Å². The smallest absolute Gasteiger partial charge is 0.158 e. The third-order valence-corrected chi connectivity index (χ3v) is 2.92. The number of morpholine rings is 1. The number of hydrogen-bond acceptors (Lipinski definition) is 7. The Kier molecular flexibility index (Phi) is 4.52. The zero-order valence-electron chi connectivity index (χ0n) is 11.6. The molecule has 19 heavy (non-hydrogen) atoms. The first-order valence-corrected chi connectivity index (χ1v) is 6.36. The molecule has 0 amide bonds. The molecule has 1 saturated heterocycles. The zero-order chi connectivity index (χ0) is 13.8. The molecule has 1 aromatic rings. The molecule has 0 aromatic carbocycles. The molecule has 1 fully saturated rings. The molecule has 2 rings (SSSR count). The van der Waals surface area contributed by atoms with Gasteiger partial charge in [0, 0.05) is 26.3 Å². The van der Waals surface area contributed by atoms with Crippen molar-refractivity contribution >= 4 is 11.6 Å². The summed E-state index contributed by atoms with van der Waals surface area (Å²) in [5.41, 5.74) is 2.56. The van der Waals surface area contributed by atoms with Crippen LogP contribution in [0.15, 0.2) is 6.07 Å². The van der Waals surface area contributed by atoms with Crippen molar-refractivity contribution in [1.82, 2.24) is 9.97 Å². The lowest BCUT2D eigenvalue weighted by Gasteiger charge is -2.36. The van der Waals surface area contributed by atoms with Gasteiger partial charge in [-0.15, -0.1) is 0 Å². The minimum Gasteiger partial charge on any atom is -0.377 e. The van der Waals surface area contributed by atoms with E-state index >= 15 is 0 Å². The van der Waals surface area contributed by atoms with E-state index in [4.69, 9.17) is 15.3 Å². The molecule has 106 valence electrons. The monoisotopic (exact) mass is 267 g/mol. The molecular weight excluding hydrogens is 246 g/mol. The van der Waals surface area contributed by atoms with Crippen LogP contribution in [0.3, 0.4) is 0 Å². The normalized spacial score (nSPS) is 23.5. The van der Waals surface area contributed by atoms with Crippen LogP contribution in [0.1, 0.15) is 19.7 Å². The summed E-state index contributed by atoms with van der Waals surface area (Å²) in [5.74, 6) is 7.49. The second-order valence-corrected chi connectivity index (χ2v) is 4.77. The minimum atomic E-state index is 0.180. The largest absolute Gasteiger partial charge is 0.377 e. The van der Waals surface area contributed by atoms with Crippen LogP contribution < -0.4 is 16.2 Å². The number of hydrazine groups is 1. The lowest BCUT2D eigenvalue weighted by Crippen LogP contribution is -2.46. The van der Waals surface area contributed by atoms with Crippen molar-refractivity contribution in [3.63, 3.8) is 0 Å². The summed E-state index contributed by atoms with van der Waals surface area (Å²) in [6.07, 6.45) is 0.359. The van der Waals surface area contributed by atoms with Crippen molar-refractivity contribution in [2.75, 3.05) is 30.5 Å². The number of methoxy groups -OCH3 is 1. The zero-order valence-corrected chi connectivity index (χ0v) is 11.6. The molecule has 0 radical (unpaired) electrons. The Hall–Kier alpha value is -1.44. The molecule has 3 N–H and O–H groups in total. The lowest BCUT2D eigenvalue weighted by molar-refractivity contribution is -0.00549. The van der Waals surface area contributed by atoms with Gasteiger partial charge in [-0.2, -0.15) is 0 Å². The maximum absolute atomic E-state index is 5.72. The summed E-state index contributed by atoms with van der Waals surface area (Å²) >= 11 is 0. The van der Waals surface area contributed by atoms with Gasteiger partial charge >= 0.3 is 0 Å². The van der Waals surface area contributed by atoms with Crippen LogP contribution >= 0.6 is 0 Å². The van der Waals surface area contributed by atoms with Crippen molar-refractivity contribution < 1.29 is 9.47 Å². The highest BCUT2D eigenvalue weighted by Gasteiger charge is 2.23. The Morgan fingerprint density at radius 3 is 2.68 bits per heavy atom. The number of aromatic nitrogens is 2. The predicted octanol–water partition coefficient (Wildman–Crippen LogP) is 0.522. The van der Waals surface area contributed by atoms with E-state index in [1.807, 2.05) is 6.07 Å². The summed E-state index contributed by atoms with van der Waals surface area (Å²) in [6.45, 7) is 6.08. The summed E-state index contributed by atoms with van der Waals surface area (Å²) in [4.78, 5) is 10.9. The second-order valence-electron chi connectivity index (χ2n) is 4.77. The Bertz CT molecular complexity index is 419. The highest BCUT2D eigenvalue weighted by molar-refractivity contribution is 5.49. The maximum Gasteiger partial charge on any atom is 0.158 e. The second kappa shape index (κ2) is 6.14. The molecule has 0 saturated carbocycles. The van der Waals surface area contributed by atoms with E-state index in [-0.39, 0.29) is 12.2 Å². The molecule has 1 aromatic heterocycles. The molecule has 7 heteroatoms. The first kappa shape index (κ1) is 14.0. The van der Waals surface area contributed by atoms with Gasteiger partial charge in [0.1, 0.15) is 18.2 Å². The number of nitrogen functional groups attached to an aromatic ring is 1. The highest BCUT2D eigenvalue weighted by atomic mass is 16.5. The van der Waals surface area contributed by atoms with E-state index in [9.17, 15) is 0 Å². The summed E-state index contributed by atoms with van der Waals surface area (Å²) in [5, 5.41) is 0. The van der Waals surface area contributed by atoms with E-state index in [1.165, 1.54) is 0 Å². The van der Waals surface area contributed by atoms with Gasteiger partial charge in [0.05, 0.1) is 12.2 Å². The first-order chi connectivity index (χ1) is 9.12. The number of ether oxygens (including phenoxy) is 2. The van der Waals surface area contributed by atoms with Crippen molar-refractivity contribution in [1.29, 1.82) is 0 Å². The summed E-state index contributed by atoms with van der Waals surface area (Å²) in [6, 6.07) is 1.84. The molecule has 2 atom stereocenters. The van der Waals surface area contributed by atoms with Crippen LogP contribution in [0.5, 0.6) is 0 Å². The molecule has 0 aliphatic carbocycles. The predicted molar refractivity (Wildman–Crippen MR) is 72.8 cm³/mol. The van der Waals surface area contributed by atoms with E-state index in [0.29, 0.717) is 18.2 Å². The van der Waals surface area contributed by atoms with Crippen LogP contribution in [0.2, 0.25) is 0 Å². The number of nitrogens with zero attached hydrogens (tertiary/aromatic N) is 3. The number of nitrogens with two attached hydrogens (primary N) is 1. The number of nitrogens with one attached hydrogen (secondary N) is 1. The van der Waals surface area contributed by atoms with Crippen LogP contribution in [-0.4, -0.2) is 42.4 Å². The average Bonchev–Trinajstić information content (AvgIpc) is 2.37. The molecule has 1 aliphatic heterocycles. The van der Waals surface area contributed by atoms with Crippen molar-refractivity contribution in [3.8, 4) is 0 Å². The van der Waals surface area contributed by atoms with Crippen molar-refractivity contribution in [3.05, 3.63) is 11.9 Å². The molecule has 2 heterocycles. The van der Waals surface area contributed by atoms with Crippen LogP contribution in [0.25, 0.3) is 0 Å². The number of anilines is 2. The third-order valence-electron chi connectivity index (χ3n) is 2.92. The fraction of sp³-hybridized carbons (Fsp3) is 0.667. The van der Waals surface area contributed by atoms with Crippen LogP contribution in [0.4, 0.5) is 11.6 Å². The average molecular weight is 267 g/mol. The fourth-order valence-electron chi connectivity index (χ4n) is 2.28. The topological polar surface area (TPSA) is 85.5 Å². The van der Waals surface area contributed by atoms with Gasteiger partial charge in [0.15, 0.2) is 5.82 Å². The number of rotatable bonds is 4. The molecule has 7 nitrogen and oxygen atoms in total. The first-order valence-electron chi connectivity index (χ1n) is 6.36. The van der Waals surface area contributed by atoms with E-state index in [2.05, 4.69) is 34.1 Å². The van der Waals surface area contributed by atoms with Crippen LogP contribution in [0, 0.1) is 0 Å². The number of hydrogen-bond donors (Lipinski definition) is 2. The van der Waals surface area contributed by atoms with Crippen molar-refractivity contribution in [2.45, 2.75) is 32.7 Å².